The minimum Gasteiger partial charge on any atom is -0.484 e. The van der Waals surface area contributed by atoms with Gasteiger partial charge < -0.3 is 19.7 Å². The topological polar surface area (TPSA) is 139 Å². The largest absolute Gasteiger partial charge is 0.484 e. The van der Waals surface area contributed by atoms with Crippen molar-refractivity contribution >= 4 is 29.2 Å². The van der Waals surface area contributed by atoms with Gasteiger partial charge in [-0.05, 0) is 82.2 Å². The molecule has 0 bridgehead atoms. The number of carbonyl (C=O) groups excluding carboxylic acids is 2. The Morgan fingerprint density at radius 3 is 2.45 bits per heavy atom. The number of hydrogen-bond acceptors (Lipinski definition) is 10. The Morgan fingerprint density at radius 1 is 0.943 bits per heavy atom. The van der Waals surface area contributed by atoms with E-state index in [2.05, 4.69) is 60.5 Å². The van der Waals surface area contributed by atoms with E-state index in [9.17, 15) is 9.59 Å². The quantitative estimate of drug-likeness (QED) is 0.171. The maximum atomic E-state index is 13.5. The van der Waals surface area contributed by atoms with Crippen LogP contribution in [0.15, 0.2) is 48.7 Å². The molecule has 2 N–H and O–H groups in total. The molecule has 13 nitrogen and oxygen atoms in total. The zero-order valence-electron chi connectivity index (χ0n) is 31.7. The average molecular weight is 724 g/mol. The average Bonchev–Trinajstić information content (AvgIpc) is 3.55. The molecule has 0 spiro atoms. The smallest absolute Gasteiger partial charge is 0.320 e. The summed E-state index contributed by atoms with van der Waals surface area (Å²) in [5.41, 5.74) is 3.18. The molecule has 3 aromatic heterocycles. The fourth-order valence-corrected chi connectivity index (χ4v) is 7.84. The lowest BCUT2D eigenvalue weighted by molar-refractivity contribution is 0.0371. The summed E-state index contributed by atoms with van der Waals surface area (Å²) in [5, 5.41) is 15.1. The number of rotatable bonds is 10. The van der Waals surface area contributed by atoms with Crippen molar-refractivity contribution in [2.24, 2.45) is 0 Å². The van der Waals surface area contributed by atoms with Crippen molar-refractivity contribution in [3.8, 4) is 5.75 Å². The molecule has 1 aliphatic carbocycles. The molecule has 4 atom stereocenters. The van der Waals surface area contributed by atoms with E-state index in [-0.39, 0.29) is 35.2 Å². The van der Waals surface area contributed by atoms with E-state index in [1.165, 1.54) is 6.42 Å². The first-order valence-electron chi connectivity index (χ1n) is 19.2. The molecule has 2 amide bonds. The third-order valence-electron chi connectivity index (χ3n) is 10.8. The fraction of sp³-hybridized carbons (Fsp3) is 0.550. The van der Waals surface area contributed by atoms with Crippen LogP contribution >= 0.6 is 0 Å². The highest BCUT2D eigenvalue weighted by Crippen LogP contribution is 2.39. The molecule has 53 heavy (non-hydrogen) atoms. The minimum absolute atomic E-state index is 0.129. The number of nitrogens with one attached hydrogen (secondary N) is 2. The van der Waals surface area contributed by atoms with E-state index in [4.69, 9.17) is 9.47 Å². The van der Waals surface area contributed by atoms with Gasteiger partial charge in [-0.3, -0.25) is 19.4 Å². The number of carbonyl (C=O) groups is 2. The first kappa shape index (κ1) is 36.7. The number of pyridine rings is 1. The lowest BCUT2D eigenvalue weighted by Crippen LogP contribution is -2.44. The van der Waals surface area contributed by atoms with E-state index in [0.717, 1.165) is 74.2 Å². The lowest BCUT2D eigenvalue weighted by Gasteiger charge is -2.39. The van der Waals surface area contributed by atoms with Crippen molar-refractivity contribution in [2.75, 3.05) is 43.1 Å². The third kappa shape index (κ3) is 8.46. The maximum Gasteiger partial charge on any atom is 0.320 e. The summed E-state index contributed by atoms with van der Waals surface area (Å²) < 4.78 is 14.1. The number of Topliss-reactive ketones (excluding diaryl/α,β-unsaturated/α-hetero) is 1. The zero-order chi connectivity index (χ0) is 37.1. The number of ether oxygens (including phenoxy) is 2. The van der Waals surface area contributed by atoms with E-state index in [0.29, 0.717) is 49.3 Å². The second kappa shape index (κ2) is 15.8. The number of benzene rings is 1. The fourth-order valence-electron chi connectivity index (χ4n) is 7.84. The normalized spacial score (nSPS) is 22.3. The molecule has 1 aromatic carbocycles. The number of fused-ring (bicyclic) bond motifs is 2. The number of amides is 2. The standard InChI is InChI=1S/C40H53N9O4/c1-26-10-8-11-27(2)49(26)39-46-45-36-18-15-28(25-48(36)39)53-33-17-16-31(29-12-6-7-13-30(29)33)41-38(51)44-35-24-34(40(3,4)5)42-37(43-35)32(50)14-9-19-47-20-22-52-23-21-47/h6-7,12-13,15,18,24-27,31,33H,8-11,14,16-17,19-23H2,1-5H3,(H2,41,42,43,44,51)/t26-,27+,31-,33+/m0/s1. The Hall–Kier alpha value is -4.62. The van der Waals surface area contributed by atoms with Crippen molar-refractivity contribution in [1.82, 2.24) is 34.8 Å². The van der Waals surface area contributed by atoms with Gasteiger partial charge in [0, 0.05) is 43.1 Å². The zero-order valence-corrected chi connectivity index (χ0v) is 31.7. The molecule has 4 aromatic rings. The molecular weight excluding hydrogens is 670 g/mol. The molecule has 5 heterocycles. The molecule has 2 saturated heterocycles. The monoisotopic (exact) mass is 723 g/mol. The number of urea groups is 1. The summed E-state index contributed by atoms with van der Waals surface area (Å²) in [6, 6.07) is 13.9. The highest BCUT2D eigenvalue weighted by atomic mass is 16.5. The van der Waals surface area contributed by atoms with Crippen LogP contribution in [0.2, 0.25) is 0 Å². The van der Waals surface area contributed by atoms with E-state index < -0.39 is 0 Å². The molecule has 2 fully saturated rings. The summed E-state index contributed by atoms with van der Waals surface area (Å²) in [5.74, 6) is 1.90. The minimum atomic E-state index is -0.389. The Balaban J connectivity index is 1.03. The lowest BCUT2D eigenvalue weighted by atomic mass is 9.85. The predicted molar refractivity (Wildman–Crippen MR) is 204 cm³/mol. The van der Waals surface area contributed by atoms with Gasteiger partial charge in [0.25, 0.3) is 0 Å². The van der Waals surface area contributed by atoms with Gasteiger partial charge in [-0.2, -0.15) is 0 Å². The van der Waals surface area contributed by atoms with Gasteiger partial charge in [0.15, 0.2) is 17.3 Å². The Labute approximate surface area is 311 Å². The predicted octanol–water partition coefficient (Wildman–Crippen LogP) is 6.66. The van der Waals surface area contributed by atoms with E-state index in [1.54, 1.807) is 6.07 Å². The second-order valence-corrected chi connectivity index (χ2v) is 15.8. The van der Waals surface area contributed by atoms with Crippen LogP contribution in [0.25, 0.3) is 5.65 Å². The number of aromatic nitrogens is 5. The van der Waals surface area contributed by atoms with Crippen molar-refractivity contribution in [1.29, 1.82) is 0 Å². The molecule has 3 aliphatic rings. The molecule has 7 rings (SSSR count). The molecule has 0 radical (unpaired) electrons. The highest BCUT2D eigenvalue weighted by molar-refractivity contribution is 5.94. The Morgan fingerprint density at radius 2 is 1.70 bits per heavy atom. The van der Waals surface area contributed by atoms with Gasteiger partial charge in [0.2, 0.25) is 5.95 Å². The van der Waals surface area contributed by atoms with Gasteiger partial charge in [0.1, 0.15) is 17.7 Å². The molecule has 13 heteroatoms. The van der Waals surface area contributed by atoms with Crippen LogP contribution in [-0.4, -0.2) is 86.2 Å². The molecular formula is C40H53N9O4. The van der Waals surface area contributed by atoms with Crippen LogP contribution in [0.3, 0.4) is 0 Å². The van der Waals surface area contributed by atoms with Crippen molar-refractivity contribution < 1.29 is 19.1 Å². The molecule has 0 unspecified atom stereocenters. The number of nitrogens with zero attached hydrogens (tertiary/aromatic N) is 7. The maximum absolute atomic E-state index is 13.5. The van der Waals surface area contributed by atoms with E-state index >= 15 is 0 Å². The van der Waals surface area contributed by atoms with Gasteiger partial charge in [0.05, 0.1) is 31.1 Å². The Kier molecular flexibility index (Phi) is 10.9. The second-order valence-electron chi connectivity index (χ2n) is 15.8. The number of ketones is 1. The van der Waals surface area contributed by atoms with Gasteiger partial charge in [-0.1, -0.05) is 45.0 Å². The number of morpholine rings is 1. The Bertz CT molecular complexity index is 1910. The third-order valence-corrected chi connectivity index (χ3v) is 10.8. The van der Waals surface area contributed by atoms with Crippen LogP contribution in [0.5, 0.6) is 5.75 Å². The number of anilines is 2. The summed E-state index contributed by atoms with van der Waals surface area (Å²) in [4.78, 5) is 40.6. The van der Waals surface area contributed by atoms with Crippen LogP contribution < -0.4 is 20.3 Å². The molecule has 282 valence electrons. The van der Waals surface area contributed by atoms with Crippen LogP contribution in [0.4, 0.5) is 16.6 Å². The summed E-state index contributed by atoms with van der Waals surface area (Å²) >= 11 is 0. The summed E-state index contributed by atoms with van der Waals surface area (Å²) in [7, 11) is 0. The molecule has 2 aliphatic heterocycles. The molecule has 0 saturated carbocycles. The highest BCUT2D eigenvalue weighted by Gasteiger charge is 2.31. The van der Waals surface area contributed by atoms with Crippen molar-refractivity contribution in [2.45, 2.75) is 109 Å². The van der Waals surface area contributed by atoms with Crippen molar-refractivity contribution in [3.63, 3.8) is 0 Å². The van der Waals surface area contributed by atoms with Crippen LogP contribution in [0, 0.1) is 0 Å². The van der Waals surface area contributed by atoms with Crippen LogP contribution in [0.1, 0.15) is 119 Å². The first-order chi connectivity index (χ1) is 25.5. The summed E-state index contributed by atoms with van der Waals surface area (Å²) in [6.07, 6.45) is 7.74. The SMILES string of the molecule is C[C@@H]1CCC[C@H](C)N1c1nnc2ccc(O[C@@H]3CC[C@H](NC(=O)Nc4cc(C(C)(C)C)nc(C(=O)CCCN5CCOCC5)n4)c4ccccc43)cn12. The number of hydrogen-bond donors (Lipinski definition) is 2. The van der Waals surface area contributed by atoms with Gasteiger partial charge in [-0.15, -0.1) is 10.2 Å². The van der Waals surface area contributed by atoms with Gasteiger partial charge >= 0.3 is 6.03 Å². The van der Waals surface area contributed by atoms with Gasteiger partial charge in [-0.25, -0.2) is 14.8 Å². The van der Waals surface area contributed by atoms with Crippen molar-refractivity contribution in [3.05, 3.63) is 71.3 Å². The van der Waals surface area contributed by atoms with E-state index in [1.807, 2.05) is 61.7 Å². The van der Waals surface area contributed by atoms with Crippen LogP contribution in [-0.2, 0) is 10.2 Å². The summed E-state index contributed by atoms with van der Waals surface area (Å²) in [6.45, 7) is 14.6. The number of piperidine rings is 1. The first-order valence-corrected chi connectivity index (χ1v) is 19.2.